The molecule has 8 heteroatoms. The van der Waals surface area contributed by atoms with Crippen molar-refractivity contribution in [2.75, 3.05) is 12.4 Å². The van der Waals surface area contributed by atoms with Crippen LogP contribution in [0.1, 0.15) is 19.3 Å². The van der Waals surface area contributed by atoms with Gasteiger partial charge in [-0.25, -0.2) is 17.5 Å². The molecule has 0 spiro atoms. The summed E-state index contributed by atoms with van der Waals surface area (Å²) in [7, 11) is -3.87. The zero-order valence-corrected chi connectivity index (χ0v) is 14.2. The fraction of sp³-hybridized carbons (Fsp3) is 0.538. The van der Waals surface area contributed by atoms with Crippen LogP contribution in [0.5, 0.6) is 0 Å². The van der Waals surface area contributed by atoms with Crippen molar-refractivity contribution >= 4 is 44.8 Å². The lowest BCUT2D eigenvalue weighted by molar-refractivity contribution is 0.418. The maximum atomic E-state index is 13.6. The lowest BCUT2D eigenvalue weighted by atomic mass is 9.98. The Morgan fingerprint density at radius 2 is 1.90 bits per heavy atom. The molecule has 1 aromatic carbocycles. The molecule has 0 saturated heterocycles. The minimum atomic E-state index is -3.87. The van der Waals surface area contributed by atoms with Gasteiger partial charge in [0.25, 0.3) is 0 Å². The van der Waals surface area contributed by atoms with Gasteiger partial charge < -0.3 is 0 Å². The first-order valence-corrected chi connectivity index (χ1v) is 9.33. The highest BCUT2D eigenvalue weighted by Gasteiger charge is 2.29. The van der Waals surface area contributed by atoms with Gasteiger partial charge in [-0.3, -0.25) is 0 Å². The van der Waals surface area contributed by atoms with E-state index in [1.54, 1.807) is 0 Å². The molecule has 1 aliphatic carbocycles. The number of hydrogen-bond acceptors (Lipinski definition) is 2. The summed E-state index contributed by atoms with van der Waals surface area (Å²) in [5.41, 5.74) is 0. The van der Waals surface area contributed by atoms with Crippen LogP contribution in [-0.4, -0.2) is 20.8 Å². The molecule has 1 fully saturated rings. The van der Waals surface area contributed by atoms with Crippen LogP contribution in [0, 0.1) is 17.7 Å². The Labute approximate surface area is 138 Å². The molecule has 2 atom stereocenters. The van der Waals surface area contributed by atoms with E-state index in [2.05, 4.69) is 4.72 Å². The van der Waals surface area contributed by atoms with Gasteiger partial charge in [0.2, 0.25) is 10.0 Å². The average Bonchev–Trinajstić information content (AvgIpc) is 2.90. The first kappa shape index (κ1) is 17.3. The van der Waals surface area contributed by atoms with E-state index >= 15 is 0 Å². The third-order valence-electron chi connectivity index (χ3n) is 3.84. The SMILES string of the molecule is O=S(=O)(NCC1CCCC1CCl)c1ccc(Cl)c(F)c1Cl. The Bertz CT molecular complexity index is 624. The van der Waals surface area contributed by atoms with Crippen LogP contribution in [-0.2, 0) is 10.0 Å². The fourth-order valence-corrected chi connectivity index (χ4v) is 4.84. The van der Waals surface area contributed by atoms with Crippen molar-refractivity contribution in [1.82, 2.24) is 4.72 Å². The molecule has 3 nitrogen and oxygen atoms in total. The molecule has 1 N–H and O–H groups in total. The van der Waals surface area contributed by atoms with Crippen molar-refractivity contribution in [3.63, 3.8) is 0 Å². The maximum absolute atomic E-state index is 13.6. The van der Waals surface area contributed by atoms with Crippen molar-refractivity contribution in [1.29, 1.82) is 0 Å². The summed E-state index contributed by atoms with van der Waals surface area (Å²) in [6.45, 7) is 0.278. The molecule has 0 amide bonds. The Kier molecular flexibility index (Phi) is 5.77. The van der Waals surface area contributed by atoms with Gasteiger partial charge in [-0.05, 0) is 36.8 Å². The highest BCUT2D eigenvalue weighted by Crippen LogP contribution is 2.33. The fourth-order valence-electron chi connectivity index (χ4n) is 2.60. The lowest BCUT2D eigenvalue weighted by Crippen LogP contribution is -2.31. The number of rotatable bonds is 5. The summed E-state index contributed by atoms with van der Waals surface area (Å²) in [6.07, 6.45) is 2.98. The summed E-state index contributed by atoms with van der Waals surface area (Å²) < 4.78 is 40.6. The summed E-state index contributed by atoms with van der Waals surface area (Å²) in [6, 6.07) is 2.37. The molecule has 1 aromatic rings. The first-order chi connectivity index (χ1) is 9.86. The summed E-state index contributed by atoms with van der Waals surface area (Å²) >= 11 is 17.2. The van der Waals surface area contributed by atoms with Gasteiger partial charge in [0.1, 0.15) is 4.90 Å². The molecule has 0 aliphatic heterocycles. The molecule has 2 unspecified atom stereocenters. The molecule has 0 bridgehead atoms. The molecule has 21 heavy (non-hydrogen) atoms. The van der Waals surface area contributed by atoms with Crippen molar-refractivity contribution in [3.05, 3.63) is 28.0 Å². The van der Waals surface area contributed by atoms with Gasteiger partial charge >= 0.3 is 0 Å². The van der Waals surface area contributed by atoms with E-state index < -0.39 is 20.9 Å². The van der Waals surface area contributed by atoms with E-state index in [9.17, 15) is 12.8 Å². The minimum Gasteiger partial charge on any atom is -0.211 e. The van der Waals surface area contributed by atoms with Crippen LogP contribution in [0.15, 0.2) is 17.0 Å². The standard InChI is InChI=1S/C13H15Cl3FNO2S/c14-6-8-2-1-3-9(8)7-18-21(19,20)11-5-4-10(15)13(17)12(11)16/h4-5,8-9,18H,1-3,6-7H2. The quantitative estimate of drug-likeness (QED) is 0.624. The van der Waals surface area contributed by atoms with Crippen LogP contribution in [0.25, 0.3) is 0 Å². The van der Waals surface area contributed by atoms with Gasteiger partial charge in [-0.1, -0.05) is 29.6 Å². The Morgan fingerprint density at radius 1 is 1.24 bits per heavy atom. The van der Waals surface area contributed by atoms with Crippen molar-refractivity contribution in [3.8, 4) is 0 Å². The lowest BCUT2D eigenvalue weighted by Gasteiger charge is -2.18. The van der Waals surface area contributed by atoms with Gasteiger partial charge in [0, 0.05) is 12.4 Å². The molecule has 0 heterocycles. The zero-order chi connectivity index (χ0) is 15.6. The summed E-state index contributed by atoms with van der Waals surface area (Å²) in [5.74, 6) is 0.101. The molecule has 118 valence electrons. The van der Waals surface area contributed by atoms with Crippen LogP contribution >= 0.6 is 34.8 Å². The Balaban J connectivity index is 2.14. The van der Waals surface area contributed by atoms with E-state index in [0.717, 1.165) is 19.3 Å². The van der Waals surface area contributed by atoms with E-state index in [1.165, 1.54) is 12.1 Å². The molecule has 1 aliphatic rings. The third kappa shape index (κ3) is 3.82. The van der Waals surface area contributed by atoms with Crippen LogP contribution in [0.4, 0.5) is 4.39 Å². The number of sulfonamides is 1. The number of alkyl halides is 1. The average molecular weight is 375 g/mol. The molecular weight excluding hydrogens is 360 g/mol. The number of hydrogen-bond donors (Lipinski definition) is 1. The number of nitrogens with one attached hydrogen (secondary N) is 1. The molecule has 1 saturated carbocycles. The van der Waals surface area contributed by atoms with Crippen LogP contribution < -0.4 is 4.72 Å². The third-order valence-corrected chi connectivity index (χ3v) is 6.48. The van der Waals surface area contributed by atoms with Gasteiger partial charge in [0.05, 0.1) is 10.0 Å². The highest BCUT2D eigenvalue weighted by molar-refractivity contribution is 7.89. The smallest absolute Gasteiger partial charge is 0.211 e. The summed E-state index contributed by atoms with van der Waals surface area (Å²) in [5, 5.41) is -0.702. The first-order valence-electron chi connectivity index (χ1n) is 6.56. The van der Waals surface area contributed by atoms with Gasteiger partial charge in [-0.15, -0.1) is 11.6 Å². The Hall–Kier alpha value is -0.0700. The second-order valence-electron chi connectivity index (χ2n) is 5.13. The molecule has 0 radical (unpaired) electrons. The maximum Gasteiger partial charge on any atom is 0.242 e. The Morgan fingerprint density at radius 3 is 2.57 bits per heavy atom. The van der Waals surface area contributed by atoms with E-state index in [4.69, 9.17) is 34.8 Å². The van der Waals surface area contributed by atoms with Crippen LogP contribution in [0.2, 0.25) is 10.0 Å². The van der Waals surface area contributed by atoms with Crippen molar-refractivity contribution < 1.29 is 12.8 Å². The molecule has 0 aromatic heterocycles. The normalized spacial score (nSPS) is 22.7. The summed E-state index contributed by atoms with van der Waals surface area (Å²) in [4.78, 5) is -0.300. The second-order valence-corrected chi connectivity index (χ2v) is 7.96. The van der Waals surface area contributed by atoms with E-state index in [-0.39, 0.29) is 22.4 Å². The number of halogens is 4. The van der Waals surface area contributed by atoms with Gasteiger partial charge in [0.15, 0.2) is 5.82 Å². The van der Waals surface area contributed by atoms with Gasteiger partial charge in [-0.2, -0.15) is 0 Å². The molecule has 2 rings (SSSR count). The predicted octanol–water partition coefficient (Wildman–Crippen LogP) is 4.07. The van der Waals surface area contributed by atoms with Crippen molar-refractivity contribution in [2.24, 2.45) is 11.8 Å². The van der Waals surface area contributed by atoms with Crippen molar-refractivity contribution in [2.45, 2.75) is 24.2 Å². The number of benzene rings is 1. The predicted molar refractivity (Wildman–Crippen MR) is 83.2 cm³/mol. The largest absolute Gasteiger partial charge is 0.242 e. The topological polar surface area (TPSA) is 46.2 Å². The molecular formula is C13H15Cl3FNO2S. The minimum absolute atomic E-state index is 0.202. The monoisotopic (exact) mass is 373 g/mol. The second kappa shape index (κ2) is 7.01. The van der Waals surface area contributed by atoms with E-state index in [1.807, 2.05) is 0 Å². The highest BCUT2D eigenvalue weighted by atomic mass is 35.5. The van der Waals surface area contributed by atoms with Crippen LogP contribution in [0.3, 0.4) is 0 Å². The van der Waals surface area contributed by atoms with E-state index in [0.29, 0.717) is 11.8 Å². The zero-order valence-electron chi connectivity index (χ0n) is 11.1.